The van der Waals surface area contributed by atoms with E-state index in [1.165, 1.54) is 0 Å². The Morgan fingerprint density at radius 1 is 1.65 bits per heavy atom. The lowest BCUT2D eigenvalue weighted by molar-refractivity contribution is -0.207. The van der Waals surface area contributed by atoms with Crippen molar-refractivity contribution in [3.05, 3.63) is 27.4 Å². The summed E-state index contributed by atoms with van der Waals surface area (Å²) in [5.74, 6) is -1.45. The lowest BCUT2D eigenvalue weighted by Gasteiger charge is -2.24. The van der Waals surface area contributed by atoms with Gasteiger partial charge in [-0.15, -0.1) is 6.42 Å². The molecule has 1 fully saturated rings. The van der Waals surface area contributed by atoms with Gasteiger partial charge >= 0.3 is 0 Å². The van der Waals surface area contributed by atoms with Crippen molar-refractivity contribution >= 4 is 12.2 Å². The average molecular weight is 304 g/mol. The van der Waals surface area contributed by atoms with E-state index in [9.17, 15) is 18.7 Å². The number of H-pyrrole nitrogens is 1. The van der Waals surface area contributed by atoms with Crippen molar-refractivity contribution in [2.45, 2.75) is 23.9 Å². The van der Waals surface area contributed by atoms with Crippen molar-refractivity contribution in [3.63, 3.8) is 0 Å². The molecular formula is C11H10F2N2O4S. The van der Waals surface area contributed by atoms with Gasteiger partial charge in [-0.05, 0) is 12.2 Å². The molecule has 20 heavy (non-hydrogen) atoms. The number of ether oxygens (including phenoxy) is 1. The van der Waals surface area contributed by atoms with Gasteiger partial charge in [0.15, 0.2) is 17.1 Å². The smallest absolute Gasteiger partial charge is 0.264 e. The molecule has 1 aromatic heterocycles. The summed E-state index contributed by atoms with van der Waals surface area (Å²) in [6.45, 7) is -1.30. The number of halogens is 2. The summed E-state index contributed by atoms with van der Waals surface area (Å²) >= 11 is 4.80. The molecule has 1 aromatic rings. The largest absolute Gasteiger partial charge is 0.390 e. The molecule has 0 amide bonds. The molecule has 1 aliphatic rings. The Kier molecular flexibility index (Phi) is 3.51. The van der Waals surface area contributed by atoms with E-state index < -0.39 is 36.0 Å². The quantitative estimate of drug-likeness (QED) is 0.520. The fourth-order valence-corrected chi connectivity index (χ4v) is 2.19. The lowest BCUT2D eigenvalue weighted by Crippen LogP contribution is -2.47. The molecule has 0 aromatic carbocycles. The third kappa shape index (κ3) is 1.97. The fourth-order valence-electron chi connectivity index (χ4n) is 1.93. The number of aromatic amines is 1. The molecule has 0 radical (unpaired) electrons. The van der Waals surface area contributed by atoms with Gasteiger partial charge in [-0.25, -0.2) is 8.78 Å². The maximum atomic E-state index is 14.6. The highest BCUT2D eigenvalue weighted by Crippen LogP contribution is 2.47. The predicted molar refractivity (Wildman–Crippen MR) is 65.6 cm³/mol. The van der Waals surface area contributed by atoms with Gasteiger partial charge in [0, 0.05) is 12.3 Å². The van der Waals surface area contributed by atoms with E-state index in [1.807, 2.05) is 0 Å². The number of alkyl halides is 2. The minimum Gasteiger partial charge on any atom is -0.390 e. The Bertz CT molecular complexity index is 684. The second kappa shape index (κ2) is 4.75. The highest BCUT2D eigenvalue weighted by molar-refractivity contribution is 7.71. The van der Waals surface area contributed by atoms with Crippen LogP contribution in [0, 0.1) is 17.1 Å². The fraction of sp³-hybridized carbons (Fsp3) is 0.455. The van der Waals surface area contributed by atoms with Gasteiger partial charge in [0.1, 0.15) is 6.61 Å². The van der Waals surface area contributed by atoms with Crippen LogP contribution in [-0.4, -0.2) is 44.0 Å². The molecular weight excluding hydrogens is 294 g/mol. The number of nitrogens with zero attached hydrogens (tertiary/aromatic N) is 1. The molecule has 0 spiro atoms. The van der Waals surface area contributed by atoms with E-state index >= 15 is 0 Å². The molecule has 9 heteroatoms. The minimum absolute atomic E-state index is 0.269. The summed E-state index contributed by atoms with van der Waals surface area (Å²) in [6, 6.07) is 1.000. The maximum absolute atomic E-state index is 14.6. The second-order valence-corrected chi connectivity index (χ2v) is 4.63. The zero-order valence-corrected chi connectivity index (χ0v) is 10.7. The van der Waals surface area contributed by atoms with Crippen LogP contribution in [0.1, 0.15) is 6.23 Å². The van der Waals surface area contributed by atoms with Gasteiger partial charge in [-0.2, -0.15) is 0 Å². The van der Waals surface area contributed by atoms with Crippen LogP contribution in [0.3, 0.4) is 0 Å². The van der Waals surface area contributed by atoms with Crippen LogP contribution < -0.4 is 5.56 Å². The van der Waals surface area contributed by atoms with Gasteiger partial charge in [-0.1, -0.05) is 5.92 Å². The Morgan fingerprint density at radius 2 is 2.30 bits per heavy atom. The van der Waals surface area contributed by atoms with Crippen molar-refractivity contribution in [2.24, 2.45) is 0 Å². The number of terminal acetylenes is 1. The number of hydrogen-bond acceptors (Lipinski definition) is 5. The van der Waals surface area contributed by atoms with Gasteiger partial charge in [0.25, 0.3) is 11.4 Å². The maximum Gasteiger partial charge on any atom is 0.264 e. The van der Waals surface area contributed by atoms with Crippen LogP contribution >= 0.6 is 12.2 Å². The van der Waals surface area contributed by atoms with Crippen molar-refractivity contribution in [1.82, 2.24) is 9.55 Å². The average Bonchev–Trinajstić information content (AvgIpc) is 2.62. The summed E-state index contributed by atoms with van der Waals surface area (Å²) in [5, 5.41) is 18.6. The van der Waals surface area contributed by atoms with E-state index in [4.69, 9.17) is 28.5 Å². The monoisotopic (exact) mass is 304 g/mol. The third-order valence-corrected chi connectivity index (χ3v) is 3.33. The zero-order valence-electron chi connectivity index (χ0n) is 9.92. The number of nitrogens with one attached hydrogen (secondary N) is 1. The number of aliphatic hydroxyl groups is 2. The molecule has 4 atom stereocenters. The van der Waals surface area contributed by atoms with Gasteiger partial charge in [0.05, 0.1) is 0 Å². The first-order chi connectivity index (χ1) is 9.28. The first-order valence-electron chi connectivity index (χ1n) is 5.42. The molecule has 6 nitrogen and oxygen atoms in total. The third-order valence-electron chi connectivity index (χ3n) is 3.01. The van der Waals surface area contributed by atoms with Gasteiger partial charge in [-0.3, -0.25) is 14.3 Å². The number of rotatable bonds is 2. The summed E-state index contributed by atoms with van der Waals surface area (Å²) in [4.78, 5) is 13.2. The van der Waals surface area contributed by atoms with Crippen molar-refractivity contribution in [2.75, 3.05) is 6.61 Å². The topological polar surface area (TPSA) is 87.5 Å². The molecule has 2 rings (SSSR count). The van der Waals surface area contributed by atoms with E-state index in [1.54, 1.807) is 5.92 Å². The molecule has 108 valence electrons. The molecule has 0 saturated carbocycles. The van der Waals surface area contributed by atoms with Crippen LogP contribution in [0.15, 0.2) is 17.1 Å². The van der Waals surface area contributed by atoms with E-state index in [2.05, 4.69) is 4.98 Å². The highest BCUT2D eigenvalue weighted by atomic mass is 32.1. The van der Waals surface area contributed by atoms with Crippen LogP contribution in [0.4, 0.5) is 8.78 Å². The Morgan fingerprint density at radius 3 is 2.80 bits per heavy atom. The van der Waals surface area contributed by atoms with Crippen molar-refractivity contribution in [1.29, 1.82) is 0 Å². The van der Waals surface area contributed by atoms with Gasteiger partial charge < -0.3 is 14.9 Å². The number of aromatic nitrogens is 2. The van der Waals surface area contributed by atoms with E-state index in [-0.39, 0.29) is 4.77 Å². The van der Waals surface area contributed by atoms with Crippen LogP contribution in [0.25, 0.3) is 0 Å². The molecule has 1 unspecified atom stereocenters. The molecule has 3 N–H and O–H groups in total. The number of hydrogen-bond donors (Lipinski definition) is 3. The molecule has 2 heterocycles. The minimum atomic E-state index is -3.07. The predicted octanol–water partition coefficient (Wildman–Crippen LogP) is -0.205. The Labute approximate surface area is 116 Å². The summed E-state index contributed by atoms with van der Waals surface area (Å²) < 4.78 is 34.0. The molecule has 1 aliphatic heterocycles. The number of aliphatic hydroxyl groups excluding tert-OH is 2. The summed E-state index contributed by atoms with van der Waals surface area (Å²) in [7, 11) is 0. The molecule has 0 bridgehead atoms. The zero-order chi connectivity index (χ0) is 15.1. The standard InChI is InChI=1S/C11H10F2N2O4S/c1-2-10(12)7(18)11(13,5-16)19-8(10)15-4-3-6(17)14-9(15)20/h1,3-4,7-8,16,18H,5H2,(H,14,17,20)/t7-,8-,10?,11-/m1/s1. The first-order valence-corrected chi connectivity index (χ1v) is 5.83. The molecule has 1 saturated heterocycles. The Hall–Kier alpha value is -1.60. The van der Waals surface area contributed by atoms with Crippen LogP contribution in [-0.2, 0) is 4.74 Å². The highest BCUT2D eigenvalue weighted by Gasteiger charge is 2.66. The van der Waals surface area contributed by atoms with Crippen molar-refractivity contribution in [3.8, 4) is 12.3 Å². The van der Waals surface area contributed by atoms with E-state index in [0.717, 1.165) is 16.8 Å². The second-order valence-electron chi connectivity index (χ2n) is 4.25. The lowest BCUT2D eigenvalue weighted by atomic mass is 9.96. The van der Waals surface area contributed by atoms with Crippen molar-refractivity contribution < 1.29 is 23.7 Å². The normalized spacial score (nSPS) is 36.8. The summed E-state index contributed by atoms with van der Waals surface area (Å²) in [6.07, 6.45) is 1.82. The van der Waals surface area contributed by atoms with Gasteiger partial charge in [0.2, 0.25) is 5.67 Å². The SMILES string of the molecule is C#CC1(F)[C@@H](O)[C@@](F)(CO)O[C@H]1n1ccc(=O)[nH]c1=S. The van der Waals surface area contributed by atoms with Crippen LogP contribution in [0.2, 0.25) is 0 Å². The summed E-state index contributed by atoms with van der Waals surface area (Å²) in [5.41, 5.74) is -3.52. The van der Waals surface area contributed by atoms with E-state index in [0.29, 0.717) is 0 Å². The Balaban J connectivity index is 2.59. The molecule has 0 aliphatic carbocycles. The first kappa shape index (κ1) is 14.8. The van der Waals surface area contributed by atoms with Crippen LogP contribution in [0.5, 0.6) is 0 Å².